The molecule has 0 aliphatic heterocycles. The van der Waals surface area contributed by atoms with Crippen LogP contribution in [0.1, 0.15) is 15.9 Å². The van der Waals surface area contributed by atoms with Gasteiger partial charge in [0.1, 0.15) is 11.6 Å². The molecular formula is C15H16FN3O2. The molecule has 2 N–H and O–H groups in total. The molecule has 0 unspecified atom stereocenters. The molecule has 1 aromatic heterocycles. The van der Waals surface area contributed by atoms with Crippen molar-refractivity contribution in [1.29, 1.82) is 0 Å². The van der Waals surface area contributed by atoms with Gasteiger partial charge in [-0.1, -0.05) is 18.2 Å². The maximum Gasteiger partial charge on any atom is 0.340 e. The summed E-state index contributed by atoms with van der Waals surface area (Å²) in [4.78, 5) is 17.5. The van der Waals surface area contributed by atoms with Crippen molar-refractivity contribution in [2.24, 2.45) is 0 Å². The molecule has 0 aliphatic rings. The van der Waals surface area contributed by atoms with Gasteiger partial charge in [-0.15, -0.1) is 0 Å². The molecule has 0 spiro atoms. The molecule has 0 saturated heterocycles. The van der Waals surface area contributed by atoms with Crippen LogP contribution in [0.3, 0.4) is 0 Å². The second-order valence-corrected chi connectivity index (χ2v) is 4.57. The third-order valence-electron chi connectivity index (χ3n) is 3.08. The number of hydrogen-bond acceptors (Lipinski definition) is 5. The number of esters is 1. The highest BCUT2D eigenvalue weighted by atomic mass is 19.1. The Morgan fingerprint density at radius 2 is 2.14 bits per heavy atom. The number of carbonyl (C=O) groups excluding carboxylic acids is 1. The minimum atomic E-state index is -0.532. The summed E-state index contributed by atoms with van der Waals surface area (Å²) in [6.07, 6.45) is 1.39. The number of benzene rings is 1. The van der Waals surface area contributed by atoms with E-state index < -0.39 is 5.97 Å². The van der Waals surface area contributed by atoms with E-state index in [1.165, 1.54) is 25.4 Å². The summed E-state index contributed by atoms with van der Waals surface area (Å²) in [7, 11) is 3.04. The van der Waals surface area contributed by atoms with Crippen molar-refractivity contribution in [2.45, 2.75) is 6.54 Å². The van der Waals surface area contributed by atoms with Gasteiger partial charge in [0.15, 0.2) is 0 Å². The van der Waals surface area contributed by atoms with E-state index in [1.54, 1.807) is 30.1 Å². The Bertz CT molecular complexity index is 661. The van der Waals surface area contributed by atoms with Gasteiger partial charge in [0.25, 0.3) is 0 Å². The van der Waals surface area contributed by atoms with Gasteiger partial charge >= 0.3 is 5.97 Å². The maximum atomic E-state index is 13.7. The summed E-state index contributed by atoms with van der Waals surface area (Å²) >= 11 is 0. The zero-order valence-corrected chi connectivity index (χ0v) is 11.8. The number of rotatable bonds is 4. The topological polar surface area (TPSA) is 68.5 Å². The van der Waals surface area contributed by atoms with Crippen LogP contribution < -0.4 is 10.6 Å². The molecule has 0 radical (unpaired) electrons. The quantitative estimate of drug-likeness (QED) is 0.874. The third kappa shape index (κ3) is 3.28. The van der Waals surface area contributed by atoms with Crippen LogP contribution in [0.5, 0.6) is 0 Å². The van der Waals surface area contributed by atoms with Crippen LogP contribution in [0.2, 0.25) is 0 Å². The van der Waals surface area contributed by atoms with Crippen LogP contribution in [-0.2, 0) is 11.3 Å². The van der Waals surface area contributed by atoms with Crippen molar-refractivity contribution in [3.05, 3.63) is 53.5 Å². The molecule has 1 heterocycles. The summed E-state index contributed by atoms with van der Waals surface area (Å²) in [6.45, 7) is 0.324. The lowest BCUT2D eigenvalue weighted by Crippen LogP contribution is -2.19. The summed E-state index contributed by atoms with van der Waals surface area (Å²) in [6, 6.07) is 8.03. The van der Waals surface area contributed by atoms with E-state index in [-0.39, 0.29) is 17.1 Å². The van der Waals surface area contributed by atoms with Crippen molar-refractivity contribution in [1.82, 2.24) is 4.98 Å². The van der Waals surface area contributed by atoms with Gasteiger partial charge in [0.05, 0.1) is 24.6 Å². The van der Waals surface area contributed by atoms with E-state index in [0.29, 0.717) is 17.9 Å². The summed E-state index contributed by atoms with van der Waals surface area (Å²) in [5, 5.41) is 0. The fourth-order valence-corrected chi connectivity index (χ4v) is 1.91. The average molecular weight is 289 g/mol. The lowest BCUT2D eigenvalue weighted by atomic mass is 10.2. The molecule has 0 atom stereocenters. The smallest absolute Gasteiger partial charge is 0.340 e. The largest absolute Gasteiger partial charge is 0.465 e. The van der Waals surface area contributed by atoms with Crippen LogP contribution in [0.15, 0.2) is 36.5 Å². The number of hydrogen-bond donors (Lipinski definition) is 1. The van der Waals surface area contributed by atoms with Crippen LogP contribution in [0, 0.1) is 5.82 Å². The molecule has 21 heavy (non-hydrogen) atoms. The van der Waals surface area contributed by atoms with Gasteiger partial charge < -0.3 is 15.4 Å². The summed E-state index contributed by atoms with van der Waals surface area (Å²) in [5.41, 5.74) is 6.72. The Kier molecular flexibility index (Phi) is 4.37. The summed E-state index contributed by atoms with van der Waals surface area (Å²) < 4.78 is 18.3. The van der Waals surface area contributed by atoms with Crippen LogP contribution >= 0.6 is 0 Å². The molecule has 0 saturated carbocycles. The monoisotopic (exact) mass is 289 g/mol. The number of pyridine rings is 1. The average Bonchev–Trinajstić information content (AvgIpc) is 2.49. The maximum absolute atomic E-state index is 13.7. The standard InChI is InChI=1S/C15H16FN3O2/c1-19(9-10-5-3-4-6-12(10)16)14-7-11(15(20)21-2)13(17)8-18-14/h3-8H,9,17H2,1-2H3. The first-order valence-corrected chi connectivity index (χ1v) is 6.31. The molecule has 2 aromatic rings. The first-order valence-electron chi connectivity index (χ1n) is 6.31. The highest BCUT2D eigenvalue weighted by molar-refractivity contribution is 5.95. The van der Waals surface area contributed by atoms with Crippen LogP contribution in [-0.4, -0.2) is 25.1 Å². The molecule has 6 heteroatoms. The lowest BCUT2D eigenvalue weighted by molar-refractivity contribution is 0.0602. The van der Waals surface area contributed by atoms with Crippen molar-refractivity contribution in [3.63, 3.8) is 0 Å². The molecular weight excluding hydrogens is 273 g/mol. The molecule has 0 amide bonds. The minimum Gasteiger partial charge on any atom is -0.465 e. The van der Waals surface area contributed by atoms with E-state index in [4.69, 9.17) is 5.73 Å². The van der Waals surface area contributed by atoms with Crippen molar-refractivity contribution >= 4 is 17.5 Å². The number of halogens is 1. The van der Waals surface area contributed by atoms with E-state index in [9.17, 15) is 9.18 Å². The third-order valence-corrected chi connectivity index (χ3v) is 3.08. The van der Waals surface area contributed by atoms with E-state index in [1.807, 2.05) is 0 Å². The zero-order valence-electron chi connectivity index (χ0n) is 11.8. The second kappa shape index (κ2) is 6.21. The first kappa shape index (κ1) is 14.8. The van der Waals surface area contributed by atoms with Crippen molar-refractivity contribution in [3.8, 4) is 0 Å². The molecule has 5 nitrogen and oxygen atoms in total. The Labute approximate surface area is 122 Å². The Balaban J connectivity index is 2.25. The summed E-state index contributed by atoms with van der Waals surface area (Å²) in [5.74, 6) is -0.309. The number of ether oxygens (including phenoxy) is 1. The van der Waals surface area contributed by atoms with Crippen molar-refractivity contribution < 1.29 is 13.9 Å². The molecule has 110 valence electrons. The predicted octanol–water partition coefficient (Wildman–Crippen LogP) is 2.23. The van der Waals surface area contributed by atoms with Crippen LogP contribution in [0.25, 0.3) is 0 Å². The number of methoxy groups -OCH3 is 1. The number of nitrogen functional groups attached to an aromatic ring is 1. The highest BCUT2D eigenvalue weighted by Gasteiger charge is 2.14. The molecule has 0 aliphatic carbocycles. The predicted molar refractivity (Wildman–Crippen MR) is 78.5 cm³/mol. The number of nitrogens with two attached hydrogens (primary N) is 1. The van der Waals surface area contributed by atoms with Gasteiger partial charge in [0, 0.05) is 19.2 Å². The normalized spacial score (nSPS) is 10.2. The van der Waals surface area contributed by atoms with Gasteiger partial charge in [-0.2, -0.15) is 0 Å². The Morgan fingerprint density at radius 1 is 1.43 bits per heavy atom. The highest BCUT2D eigenvalue weighted by Crippen LogP contribution is 2.20. The number of anilines is 2. The Morgan fingerprint density at radius 3 is 2.81 bits per heavy atom. The second-order valence-electron chi connectivity index (χ2n) is 4.57. The SMILES string of the molecule is COC(=O)c1cc(N(C)Cc2ccccc2F)ncc1N. The van der Waals surface area contributed by atoms with E-state index in [0.717, 1.165) is 0 Å². The van der Waals surface area contributed by atoms with E-state index >= 15 is 0 Å². The zero-order chi connectivity index (χ0) is 15.4. The van der Waals surface area contributed by atoms with E-state index in [2.05, 4.69) is 9.72 Å². The molecule has 0 bridgehead atoms. The van der Waals surface area contributed by atoms with Gasteiger partial charge in [-0.25, -0.2) is 14.2 Å². The fraction of sp³-hybridized carbons (Fsp3) is 0.200. The number of aromatic nitrogens is 1. The minimum absolute atomic E-state index is 0.239. The lowest BCUT2D eigenvalue weighted by Gasteiger charge is -2.19. The number of nitrogens with zero attached hydrogens (tertiary/aromatic N) is 2. The van der Waals surface area contributed by atoms with Gasteiger partial charge in [-0.05, 0) is 12.1 Å². The van der Waals surface area contributed by atoms with Gasteiger partial charge in [-0.3, -0.25) is 0 Å². The van der Waals surface area contributed by atoms with Gasteiger partial charge in [0.2, 0.25) is 0 Å². The molecule has 0 fully saturated rings. The van der Waals surface area contributed by atoms with Crippen LogP contribution in [0.4, 0.5) is 15.9 Å². The Hall–Kier alpha value is -2.63. The fourth-order valence-electron chi connectivity index (χ4n) is 1.91. The van der Waals surface area contributed by atoms with Crippen molar-refractivity contribution in [2.75, 3.05) is 24.8 Å². The first-order chi connectivity index (χ1) is 10.0. The molecule has 1 aromatic carbocycles. The molecule has 2 rings (SSSR count). The number of carbonyl (C=O) groups is 1.